The summed E-state index contributed by atoms with van der Waals surface area (Å²) in [7, 11) is -4.02. The van der Waals surface area contributed by atoms with Crippen LogP contribution in [-0.4, -0.2) is 39.3 Å². The van der Waals surface area contributed by atoms with Crippen molar-refractivity contribution in [2.45, 2.75) is 37.4 Å². The third kappa shape index (κ3) is 5.07. The molecule has 10 heteroatoms. The topological polar surface area (TPSA) is 135 Å². The number of rotatable bonds is 4. The molecule has 0 unspecified atom stereocenters. The number of ether oxygens (including phenoxy) is 2. The summed E-state index contributed by atoms with van der Waals surface area (Å²) < 4.78 is 39.0. The Morgan fingerprint density at radius 2 is 2.06 bits per heavy atom. The minimum Gasteiger partial charge on any atom is -0.485 e. The normalized spacial score (nSPS) is 16.0. The number of hydrogen-bond acceptors (Lipinski definition) is 7. The summed E-state index contributed by atoms with van der Waals surface area (Å²) in [5, 5.41) is 11.7. The fourth-order valence-electron chi connectivity index (χ4n) is 3.01. The summed E-state index contributed by atoms with van der Waals surface area (Å²) >= 11 is 0. The third-order valence-electron chi connectivity index (χ3n) is 4.35. The highest BCUT2D eigenvalue weighted by Gasteiger charge is 2.34. The second kappa shape index (κ2) is 8.45. The van der Waals surface area contributed by atoms with Crippen molar-refractivity contribution in [1.29, 1.82) is 5.26 Å². The first-order valence-corrected chi connectivity index (χ1v) is 11.0. The highest BCUT2D eigenvalue weighted by molar-refractivity contribution is 7.92. The zero-order valence-electron chi connectivity index (χ0n) is 17.5. The Morgan fingerprint density at radius 1 is 1.32 bits per heavy atom. The van der Waals surface area contributed by atoms with Gasteiger partial charge >= 0.3 is 6.09 Å². The number of anilines is 2. The number of nitrogens with one attached hydrogen (secondary N) is 1. The van der Waals surface area contributed by atoms with Gasteiger partial charge in [-0.2, -0.15) is 5.26 Å². The summed E-state index contributed by atoms with van der Waals surface area (Å²) in [5.74, 6) is 0.316. The molecule has 31 heavy (non-hydrogen) atoms. The van der Waals surface area contributed by atoms with E-state index in [9.17, 15) is 13.2 Å². The van der Waals surface area contributed by atoms with Crippen molar-refractivity contribution in [3.05, 3.63) is 48.0 Å². The van der Waals surface area contributed by atoms with Gasteiger partial charge in [0.15, 0.2) is 0 Å². The number of fused-ring (bicyclic) bond motifs is 1. The molecule has 9 nitrogen and oxygen atoms in total. The third-order valence-corrected chi connectivity index (χ3v) is 6.13. The molecule has 1 amide bonds. The summed E-state index contributed by atoms with van der Waals surface area (Å²) in [6.07, 6.45) is -1.22. The van der Waals surface area contributed by atoms with Crippen molar-refractivity contribution in [2.75, 3.05) is 22.7 Å². The van der Waals surface area contributed by atoms with Crippen molar-refractivity contribution < 1.29 is 22.7 Å². The molecule has 3 rings (SSSR count). The Bertz CT molecular complexity index is 1140. The van der Waals surface area contributed by atoms with Gasteiger partial charge in [0.2, 0.25) is 0 Å². The quantitative estimate of drug-likeness (QED) is 0.740. The van der Waals surface area contributed by atoms with Crippen molar-refractivity contribution in [3.63, 3.8) is 0 Å². The van der Waals surface area contributed by atoms with Gasteiger partial charge in [0, 0.05) is 12.2 Å². The molecule has 2 aromatic carbocycles. The van der Waals surface area contributed by atoms with Gasteiger partial charge in [-0.05, 0) is 57.2 Å². The van der Waals surface area contributed by atoms with E-state index in [1.54, 1.807) is 32.9 Å². The molecule has 1 atom stereocenters. The van der Waals surface area contributed by atoms with Crippen LogP contribution in [0, 0.1) is 11.3 Å². The molecule has 0 saturated carbocycles. The highest BCUT2D eigenvalue weighted by Crippen LogP contribution is 2.39. The van der Waals surface area contributed by atoms with E-state index in [1.165, 1.54) is 34.6 Å². The van der Waals surface area contributed by atoms with Crippen molar-refractivity contribution in [3.8, 4) is 11.8 Å². The summed E-state index contributed by atoms with van der Waals surface area (Å²) in [6.45, 7) is 5.32. The average molecular weight is 445 g/mol. The molecule has 2 aromatic rings. The molecule has 0 aliphatic carbocycles. The molecule has 0 aromatic heterocycles. The van der Waals surface area contributed by atoms with E-state index >= 15 is 0 Å². The number of sulfonamides is 1. The molecule has 164 valence electrons. The Morgan fingerprint density at radius 3 is 2.71 bits per heavy atom. The number of carbonyl (C=O) groups excluding carboxylic acids is 1. The molecule has 0 saturated heterocycles. The maximum atomic E-state index is 13.4. The lowest BCUT2D eigenvalue weighted by atomic mass is 10.2. The van der Waals surface area contributed by atoms with Crippen LogP contribution in [0.25, 0.3) is 0 Å². The fraction of sp³-hybridized carbons (Fsp3) is 0.333. The van der Waals surface area contributed by atoms with E-state index in [4.69, 9.17) is 20.5 Å². The standard InChI is InChI=1S/C21H24N4O5S/c1-21(2,3)30-20(26)24-15-7-8-19-18(10-15)25(13-16(12-23)29-19)31(27,28)17-6-4-5-14(9-17)11-22/h4-10,16H,12-13,23H2,1-3H3,(H,24,26)/t16-/m0/s1. The minimum atomic E-state index is -4.02. The van der Waals surface area contributed by atoms with E-state index in [0.29, 0.717) is 11.4 Å². The molecule has 1 heterocycles. The van der Waals surface area contributed by atoms with Gasteiger partial charge in [-0.3, -0.25) is 9.62 Å². The van der Waals surface area contributed by atoms with Gasteiger partial charge in [0.1, 0.15) is 17.5 Å². The summed E-state index contributed by atoms with van der Waals surface area (Å²) in [5.41, 5.74) is 5.88. The van der Waals surface area contributed by atoms with Gasteiger partial charge in [-0.25, -0.2) is 13.2 Å². The minimum absolute atomic E-state index is 0.0154. The van der Waals surface area contributed by atoms with Crippen LogP contribution in [0.2, 0.25) is 0 Å². The van der Waals surface area contributed by atoms with Crippen LogP contribution in [-0.2, 0) is 14.8 Å². The molecule has 1 aliphatic heterocycles. The molecule has 0 spiro atoms. The van der Waals surface area contributed by atoms with E-state index in [1.807, 2.05) is 6.07 Å². The number of amides is 1. The number of carbonyl (C=O) groups is 1. The van der Waals surface area contributed by atoms with Gasteiger partial charge in [-0.1, -0.05) is 6.07 Å². The van der Waals surface area contributed by atoms with Crippen LogP contribution < -0.4 is 20.1 Å². The van der Waals surface area contributed by atoms with Crippen LogP contribution in [0.3, 0.4) is 0 Å². The zero-order valence-corrected chi connectivity index (χ0v) is 18.3. The van der Waals surface area contributed by atoms with Crippen LogP contribution in [0.1, 0.15) is 26.3 Å². The molecule has 0 bridgehead atoms. The molecule has 0 fully saturated rings. The predicted octanol–water partition coefficient (Wildman–Crippen LogP) is 2.82. The zero-order chi connectivity index (χ0) is 22.8. The largest absolute Gasteiger partial charge is 0.485 e. The first kappa shape index (κ1) is 22.4. The maximum absolute atomic E-state index is 13.4. The van der Waals surface area contributed by atoms with Crippen molar-refractivity contribution in [1.82, 2.24) is 0 Å². The average Bonchev–Trinajstić information content (AvgIpc) is 2.71. The van der Waals surface area contributed by atoms with E-state index in [2.05, 4.69) is 5.32 Å². The Hall–Kier alpha value is -3.29. The maximum Gasteiger partial charge on any atom is 0.412 e. The first-order chi connectivity index (χ1) is 14.5. The van der Waals surface area contributed by atoms with E-state index < -0.39 is 27.8 Å². The highest BCUT2D eigenvalue weighted by atomic mass is 32.2. The SMILES string of the molecule is CC(C)(C)OC(=O)Nc1ccc2c(c1)N(S(=O)(=O)c1cccc(C#N)c1)C[C@H](CN)O2. The Kier molecular flexibility index (Phi) is 6.10. The number of hydrogen-bond donors (Lipinski definition) is 2. The number of nitriles is 1. The monoisotopic (exact) mass is 444 g/mol. The van der Waals surface area contributed by atoms with E-state index in [-0.39, 0.29) is 29.2 Å². The Balaban J connectivity index is 2.01. The molecular weight excluding hydrogens is 420 g/mol. The predicted molar refractivity (Wildman–Crippen MR) is 115 cm³/mol. The van der Waals surface area contributed by atoms with Gasteiger partial charge in [0.05, 0.1) is 28.8 Å². The molecule has 0 radical (unpaired) electrons. The summed E-state index contributed by atoms with van der Waals surface area (Å²) in [6, 6.07) is 12.4. The number of benzene rings is 2. The van der Waals surface area contributed by atoms with Crippen LogP contribution >= 0.6 is 0 Å². The van der Waals surface area contributed by atoms with Crippen LogP contribution in [0.5, 0.6) is 5.75 Å². The second-order valence-electron chi connectivity index (χ2n) is 7.96. The first-order valence-electron chi connectivity index (χ1n) is 9.57. The Labute approximate surface area is 181 Å². The van der Waals surface area contributed by atoms with Gasteiger partial charge in [0.25, 0.3) is 10.0 Å². The van der Waals surface area contributed by atoms with Crippen molar-refractivity contribution >= 4 is 27.5 Å². The van der Waals surface area contributed by atoms with Crippen LogP contribution in [0.4, 0.5) is 16.2 Å². The molecule has 3 N–H and O–H groups in total. The lowest BCUT2D eigenvalue weighted by molar-refractivity contribution is 0.0636. The molecule has 1 aliphatic rings. The lowest BCUT2D eigenvalue weighted by Crippen LogP contribution is -2.46. The lowest BCUT2D eigenvalue weighted by Gasteiger charge is -2.35. The van der Waals surface area contributed by atoms with Crippen molar-refractivity contribution in [2.24, 2.45) is 5.73 Å². The second-order valence-corrected chi connectivity index (χ2v) is 9.82. The smallest absolute Gasteiger partial charge is 0.412 e. The summed E-state index contributed by atoms with van der Waals surface area (Å²) in [4.78, 5) is 12.1. The van der Waals surface area contributed by atoms with Crippen LogP contribution in [0.15, 0.2) is 47.4 Å². The molecular formula is C21H24N4O5S. The number of nitrogens with two attached hydrogens (primary N) is 1. The fourth-order valence-corrected chi connectivity index (χ4v) is 4.56. The van der Waals surface area contributed by atoms with Gasteiger partial charge in [-0.15, -0.1) is 0 Å². The van der Waals surface area contributed by atoms with E-state index in [0.717, 1.165) is 0 Å². The van der Waals surface area contributed by atoms with Gasteiger partial charge < -0.3 is 15.2 Å². The number of nitrogens with zero attached hydrogens (tertiary/aromatic N) is 2.